The lowest BCUT2D eigenvalue weighted by Gasteiger charge is -2.26. The average Bonchev–Trinajstić information content (AvgIpc) is 3.35. The van der Waals surface area contributed by atoms with Crippen molar-refractivity contribution in [3.63, 3.8) is 0 Å². The van der Waals surface area contributed by atoms with E-state index < -0.39 is 5.41 Å². The number of benzene rings is 1. The lowest BCUT2D eigenvalue weighted by atomic mass is 9.83. The first kappa shape index (κ1) is 21.1. The number of imidazole rings is 1. The molecule has 2 N–H and O–H groups in total. The van der Waals surface area contributed by atoms with Crippen LogP contribution in [0.2, 0.25) is 0 Å². The molecule has 0 saturated heterocycles. The van der Waals surface area contributed by atoms with Crippen LogP contribution in [0.15, 0.2) is 42.7 Å². The second-order valence-electron chi connectivity index (χ2n) is 8.38. The third-order valence-electron chi connectivity index (χ3n) is 5.89. The van der Waals surface area contributed by atoms with Crippen LogP contribution in [-0.4, -0.2) is 33.4 Å². The van der Waals surface area contributed by atoms with Crippen LogP contribution in [0.1, 0.15) is 57.8 Å². The fourth-order valence-corrected chi connectivity index (χ4v) is 3.98. The molecule has 0 unspecified atom stereocenters. The summed E-state index contributed by atoms with van der Waals surface area (Å²) >= 11 is 0. The van der Waals surface area contributed by atoms with Gasteiger partial charge in [0.15, 0.2) is 0 Å². The highest BCUT2D eigenvalue weighted by Crippen LogP contribution is 2.25. The van der Waals surface area contributed by atoms with Gasteiger partial charge in [-0.2, -0.15) is 0 Å². The number of carbonyl (C=O) groups excluding carboxylic acids is 2. The van der Waals surface area contributed by atoms with Crippen molar-refractivity contribution in [3.8, 4) is 0 Å². The molecule has 1 aliphatic rings. The first-order valence-corrected chi connectivity index (χ1v) is 10.6. The van der Waals surface area contributed by atoms with Crippen LogP contribution in [0.5, 0.6) is 0 Å². The number of hydrogen-bond acceptors (Lipinski definition) is 3. The fourth-order valence-electron chi connectivity index (χ4n) is 3.98. The molecule has 0 bridgehead atoms. The van der Waals surface area contributed by atoms with Crippen LogP contribution in [0.3, 0.4) is 0 Å². The van der Waals surface area contributed by atoms with Gasteiger partial charge in [-0.25, -0.2) is 4.98 Å². The Morgan fingerprint density at radius 1 is 1.14 bits per heavy atom. The molecule has 0 spiro atoms. The van der Waals surface area contributed by atoms with Crippen molar-refractivity contribution in [2.75, 3.05) is 0 Å². The van der Waals surface area contributed by atoms with Gasteiger partial charge in [0.25, 0.3) is 0 Å². The van der Waals surface area contributed by atoms with Crippen LogP contribution in [0.4, 0.5) is 0 Å². The summed E-state index contributed by atoms with van der Waals surface area (Å²) in [5, 5.41) is 6.32. The Morgan fingerprint density at radius 2 is 1.83 bits per heavy atom. The molecule has 2 atom stereocenters. The molecule has 156 valence electrons. The van der Waals surface area contributed by atoms with Gasteiger partial charge in [-0.3, -0.25) is 9.59 Å². The minimum absolute atomic E-state index is 0.0351. The van der Waals surface area contributed by atoms with Gasteiger partial charge in [0.1, 0.15) is 5.82 Å². The van der Waals surface area contributed by atoms with Crippen molar-refractivity contribution in [3.05, 3.63) is 54.1 Å². The maximum Gasteiger partial charge on any atom is 0.230 e. The molecule has 29 heavy (non-hydrogen) atoms. The van der Waals surface area contributed by atoms with Gasteiger partial charge in [0, 0.05) is 43.9 Å². The first-order chi connectivity index (χ1) is 13.9. The van der Waals surface area contributed by atoms with E-state index in [9.17, 15) is 9.59 Å². The maximum atomic E-state index is 12.8. The molecule has 6 heteroatoms. The zero-order chi connectivity index (χ0) is 20.9. The van der Waals surface area contributed by atoms with Gasteiger partial charge in [-0.1, -0.05) is 37.3 Å². The quantitative estimate of drug-likeness (QED) is 0.720. The Bertz CT molecular complexity index is 828. The number of aryl methyl sites for hydroxylation is 2. The van der Waals surface area contributed by atoms with Crippen molar-refractivity contribution < 1.29 is 9.59 Å². The summed E-state index contributed by atoms with van der Waals surface area (Å²) in [6.45, 7) is 6.61. The van der Waals surface area contributed by atoms with E-state index in [-0.39, 0.29) is 23.9 Å². The van der Waals surface area contributed by atoms with Crippen LogP contribution in [0, 0.1) is 0 Å². The summed E-state index contributed by atoms with van der Waals surface area (Å²) in [6.07, 6.45) is 7.57. The largest absolute Gasteiger partial charge is 0.353 e. The predicted octanol–water partition coefficient (Wildman–Crippen LogP) is 2.97. The maximum absolute atomic E-state index is 12.8. The van der Waals surface area contributed by atoms with Crippen molar-refractivity contribution in [1.29, 1.82) is 0 Å². The number of nitrogens with one attached hydrogen (secondary N) is 2. The monoisotopic (exact) mass is 396 g/mol. The number of nitrogens with zero attached hydrogens (tertiary/aromatic N) is 2. The normalized spacial score (nSPS) is 19.1. The smallest absolute Gasteiger partial charge is 0.230 e. The first-order valence-electron chi connectivity index (χ1n) is 10.6. The summed E-state index contributed by atoms with van der Waals surface area (Å²) in [4.78, 5) is 29.5. The van der Waals surface area contributed by atoms with Crippen molar-refractivity contribution in [1.82, 2.24) is 20.2 Å². The molecule has 1 aromatic heterocycles. The summed E-state index contributed by atoms with van der Waals surface area (Å²) in [5.74, 6) is 1.10. The standard InChI is InChI=1S/C23H32N4O2/c1-4-20-24-13-15-27(20)14-12-21(28)25-18-10-11-19(16-18)26-22(29)23(2,3)17-8-6-5-7-9-17/h5-9,13,15,18-19H,4,10-12,14,16H2,1-3H3,(H,25,28)(H,26,29)/t18-,19+/m1/s1. The Morgan fingerprint density at radius 3 is 2.52 bits per heavy atom. The molecule has 1 fully saturated rings. The molecule has 3 rings (SSSR count). The van der Waals surface area contributed by atoms with Crippen LogP contribution >= 0.6 is 0 Å². The molecule has 6 nitrogen and oxygen atoms in total. The fraction of sp³-hybridized carbons (Fsp3) is 0.522. The highest BCUT2D eigenvalue weighted by Gasteiger charge is 2.33. The van der Waals surface area contributed by atoms with Gasteiger partial charge in [-0.15, -0.1) is 0 Å². The van der Waals surface area contributed by atoms with E-state index in [1.807, 2.05) is 54.9 Å². The summed E-state index contributed by atoms with van der Waals surface area (Å²) in [6, 6.07) is 10.1. The zero-order valence-electron chi connectivity index (χ0n) is 17.6. The topological polar surface area (TPSA) is 76.0 Å². The minimum atomic E-state index is -0.579. The van der Waals surface area contributed by atoms with Crippen molar-refractivity contribution in [2.24, 2.45) is 0 Å². The highest BCUT2D eigenvalue weighted by atomic mass is 16.2. The van der Waals surface area contributed by atoms with E-state index in [2.05, 4.69) is 22.5 Å². The molecule has 1 aliphatic carbocycles. The lowest BCUT2D eigenvalue weighted by Crippen LogP contribution is -2.45. The molecule has 1 saturated carbocycles. The molecule has 1 heterocycles. The Labute approximate surface area is 173 Å². The summed E-state index contributed by atoms with van der Waals surface area (Å²) in [5.41, 5.74) is 0.427. The molecule has 0 radical (unpaired) electrons. The van der Waals surface area contributed by atoms with Crippen LogP contribution < -0.4 is 10.6 Å². The second kappa shape index (κ2) is 9.25. The SMILES string of the molecule is CCc1nccn1CCC(=O)N[C@@H]1CC[C@H](NC(=O)C(C)(C)c2ccccc2)C1. The molecule has 0 aliphatic heterocycles. The van der Waals surface area contributed by atoms with Gasteiger partial charge in [-0.05, 0) is 38.7 Å². The Hall–Kier alpha value is -2.63. The Kier molecular flexibility index (Phi) is 6.72. The van der Waals surface area contributed by atoms with E-state index in [1.54, 1.807) is 6.20 Å². The summed E-state index contributed by atoms with van der Waals surface area (Å²) in [7, 11) is 0. The van der Waals surface area contributed by atoms with Crippen LogP contribution in [0.25, 0.3) is 0 Å². The lowest BCUT2D eigenvalue weighted by molar-refractivity contribution is -0.126. The van der Waals surface area contributed by atoms with E-state index in [0.29, 0.717) is 13.0 Å². The Balaban J connectivity index is 1.45. The number of aromatic nitrogens is 2. The number of hydrogen-bond donors (Lipinski definition) is 2. The van der Waals surface area contributed by atoms with E-state index in [1.165, 1.54) is 0 Å². The molecule has 1 aromatic carbocycles. The van der Waals surface area contributed by atoms with Crippen molar-refractivity contribution in [2.45, 2.75) is 76.9 Å². The van der Waals surface area contributed by atoms with E-state index >= 15 is 0 Å². The van der Waals surface area contributed by atoms with Crippen LogP contribution in [-0.2, 0) is 28.0 Å². The average molecular weight is 397 g/mol. The third kappa shape index (κ3) is 5.25. The molecular weight excluding hydrogens is 364 g/mol. The van der Waals surface area contributed by atoms with Gasteiger partial charge < -0.3 is 15.2 Å². The minimum Gasteiger partial charge on any atom is -0.353 e. The zero-order valence-corrected chi connectivity index (χ0v) is 17.6. The third-order valence-corrected chi connectivity index (χ3v) is 5.89. The molecular formula is C23H32N4O2. The van der Waals surface area contributed by atoms with Gasteiger partial charge in [0.05, 0.1) is 5.41 Å². The number of carbonyl (C=O) groups is 2. The van der Waals surface area contributed by atoms with Gasteiger partial charge >= 0.3 is 0 Å². The van der Waals surface area contributed by atoms with Crippen molar-refractivity contribution >= 4 is 11.8 Å². The van der Waals surface area contributed by atoms with E-state index in [0.717, 1.165) is 37.1 Å². The van der Waals surface area contributed by atoms with Gasteiger partial charge in [0.2, 0.25) is 11.8 Å². The second-order valence-corrected chi connectivity index (χ2v) is 8.38. The molecule has 2 amide bonds. The number of amides is 2. The number of rotatable bonds is 8. The molecule has 2 aromatic rings. The highest BCUT2D eigenvalue weighted by molar-refractivity contribution is 5.87. The summed E-state index contributed by atoms with van der Waals surface area (Å²) < 4.78 is 2.03. The van der Waals surface area contributed by atoms with E-state index in [4.69, 9.17) is 0 Å². The predicted molar refractivity (Wildman–Crippen MR) is 113 cm³/mol.